The summed E-state index contributed by atoms with van der Waals surface area (Å²) in [6.45, 7) is 2.72. The second-order valence-electron chi connectivity index (χ2n) is 14.4. The zero-order chi connectivity index (χ0) is 30.4. The van der Waals surface area contributed by atoms with Gasteiger partial charge in [0.2, 0.25) is 5.88 Å². The third-order valence-electron chi connectivity index (χ3n) is 11.3. The minimum absolute atomic E-state index is 0.0449. The lowest BCUT2D eigenvalue weighted by atomic mass is 9.47. The highest BCUT2D eigenvalue weighted by molar-refractivity contribution is 5.68. The molecular weight excluding hydrogens is 550 g/mol. The van der Waals surface area contributed by atoms with Gasteiger partial charge in [-0.1, -0.05) is 12.1 Å². The number of benzene rings is 1. The first kappa shape index (κ1) is 29.4. The number of hydrogen-bond donors (Lipinski definition) is 1. The van der Waals surface area contributed by atoms with Gasteiger partial charge in [-0.15, -0.1) is 0 Å². The third-order valence-corrected chi connectivity index (χ3v) is 11.3. The van der Waals surface area contributed by atoms with Crippen molar-refractivity contribution in [1.82, 2.24) is 14.8 Å². The Balaban J connectivity index is 1.10. The molecule has 5 aliphatic carbocycles. The maximum atomic E-state index is 12.2. The van der Waals surface area contributed by atoms with E-state index in [4.69, 9.17) is 19.6 Å². The van der Waals surface area contributed by atoms with Gasteiger partial charge in [-0.25, -0.2) is 4.68 Å². The monoisotopic (exact) mass is 597 g/mol. The second kappa shape index (κ2) is 11.9. The first-order valence-electron chi connectivity index (χ1n) is 16.8. The van der Waals surface area contributed by atoms with E-state index in [-0.39, 0.29) is 17.8 Å². The Morgan fingerprint density at radius 1 is 1.05 bits per heavy atom. The van der Waals surface area contributed by atoms with E-state index in [0.717, 1.165) is 59.7 Å². The first-order valence-corrected chi connectivity index (χ1v) is 16.8. The molecule has 4 saturated carbocycles. The van der Waals surface area contributed by atoms with Crippen molar-refractivity contribution in [1.29, 1.82) is 0 Å². The summed E-state index contributed by atoms with van der Waals surface area (Å²) in [5.74, 6) is 3.07. The molecule has 7 nitrogen and oxygen atoms in total. The van der Waals surface area contributed by atoms with E-state index in [1.807, 2.05) is 13.1 Å². The maximum absolute atomic E-state index is 12.2. The molecule has 4 fully saturated rings. The predicted octanol–water partition coefficient (Wildman–Crippen LogP) is 6.90. The average molecular weight is 598 g/mol. The Morgan fingerprint density at radius 2 is 1.77 bits per heavy atom. The van der Waals surface area contributed by atoms with E-state index in [0.29, 0.717) is 18.9 Å². The number of nitrogens with zero attached hydrogens (tertiary/aromatic N) is 3. The molecule has 0 amide bonds. The van der Waals surface area contributed by atoms with Crippen LogP contribution in [0, 0.1) is 24.7 Å². The fraction of sp³-hybridized carbons (Fsp3) is 0.595. The first-order chi connectivity index (χ1) is 21.3. The van der Waals surface area contributed by atoms with Gasteiger partial charge in [0.15, 0.2) is 0 Å². The van der Waals surface area contributed by atoms with Crippen LogP contribution >= 0.6 is 0 Å². The lowest BCUT2D eigenvalue weighted by Gasteiger charge is -2.57. The molecular formula is C37H47N3O4. The largest absolute Gasteiger partial charge is 0.496 e. The lowest BCUT2D eigenvalue weighted by Crippen LogP contribution is -2.48. The van der Waals surface area contributed by atoms with Gasteiger partial charge in [0.1, 0.15) is 5.75 Å². The van der Waals surface area contributed by atoms with E-state index in [1.165, 1.54) is 73.8 Å². The van der Waals surface area contributed by atoms with Crippen LogP contribution < -0.4 is 9.47 Å². The van der Waals surface area contributed by atoms with Gasteiger partial charge >= 0.3 is 5.97 Å². The molecule has 44 heavy (non-hydrogen) atoms. The minimum Gasteiger partial charge on any atom is -0.496 e. The number of aromatic nitrogens is 3. The molecule has 234 valence electrons. The van der Waals surface area contributed by atoms with E-state index in [9.17, 15) is 9.90 Å². The lowest BCUT2D eigenvalue weighted by molar-refractivity contribution is -0.137. The number of hydrogen-bond acceptors (Lipinski definition) is 5. The molecule has 8 rings (SSSR count). The molecule has 1 aromatic carbocycles. The van der Waals surface area contributed by atoms with Crippen LogP contribution in [0.25, 0.3) is 0 Å². The van der Waals surface area contributed by atoms with Gasteiger partial charge in [0, 0.05) is 36.8 Å². The highest BCUT2D eigenvalue weighted by Gasteiger charge is 2.52. The molecule has 0 spiro atoms. The summed E-state index contributed by atoms with van der Waals surface area (Å²) in [7, 11) is 3.63. The Bertz CT molecular complexity index is 1510. The van der Waals surface area contributed by atoms with Crippen LogP contribution in [0.3, 0.4) is 0 Å². The normalized spacial score (nSPS) is 25.9. The number of carboxylic acid groups (broad SMARTS) is 1. The number of rotatable bonds is 11. The summed E-state index contributed by atoms with van der Waals surface area (Å²) < 4.78 is 13.9. The highest BCUT2D eigenvalue weighted by Crippen LogP contribution is 2.61. The predicted molar refractivity (Wildman–Crippen MR) is 170 cm³/mol. The van der Waals surface area contributed by atoms with E-state index < -0.39 is 5.97 Å². The van der Waals surface area contributed by atoms with Crippen molar-refractivity contribution in [2.45, 2.75) is 102 Å². The summed E-state index contributed by atoms with van der Waals surface area (Å²) in [5, 5.41) is 14.7. The fourth-order valence-electron chi connectivity index (χ4n) is 9.69. The molecule has 4 bridgehead atoms. The van der Waals surface area contributed by atoms with Crippen LogP contribution in [-0.4, -0.2) is 39.6 Å². The standard InChI is InChI=1S/C37H47N3O4/c1-23-32(37-20-24-12-25(21-37)14-26(13-24)22-37)16-29(17-34(23)43-3)28(18-36(41)42)15-31-19-35(40(2)39-31)44-11-10-30-9-8-27-6-4-5-7-33(27)38-30/h8-9,16-17,19,24-26,28H,4-7,10-15,18,20-22H2,1-3H3,(H,41,42). The highest BCUT2D eigenvalue weighted by atomic mass is 16.5. The molecule has 0 saturated heterocycles. The van der Waals surface area contributed by atoms with Crippen molar-refractivity contribution in [2.75, 3.05) is 13.7 Å². The van der Waals surface area contributed by atoms with Gasteiger partial charge < -0.3 is 14.6 Å². The van der Waals surface area contributed by atoms with Crippen molar-refractivity contribution < 1.29 is 19.4 Å². The van der Waals surface area contributed by atoms with E-state index in [2.05, 4.69) is 31.2 Å². The number of aliphatic carboxylic acids is 1. The number of carbonyl (C=O) groups is 1. The zero-order valence-corrected chi connectivity index (χ0v) is 26.6. The number of carboxylic acids is 1. The number of fused-ring (bicyclic) bond motifs is 1. The molecule has 0 aliphatic heterocycles. The SMILES string of the molecule is COc1cc(C(CC(=O)O)Cc2cc(OCCc3ccc4c(n3)CCCC4)n(C)n2)cc(C23CC4CC(CC(C4)C2)C3)c1C. The van der Waals surface area contributed by atoms with Gasteiger partial charge in [0.25, 0.3) is 0 Å². The zero-order valence-electron chi connectivity index (χ0n) is 26.6. The van der Waals surface area contributed by atoms with Gasteiger partial charge in [0.05, 0.1) is 25.8 Å². The van der Waals surface area contributed by atoms with E-state index in [1.54, 1.807) is 11.8 Å². The molecule has 5 aliphatic rings. The Kier molecular flexibility index (Phi) is 7.92. The summed E-state index contributed by atoms with van der Waals surface area (Å²) >= 11 is 0. The Morgan fingerprint density at radius 3 is 2.48 bits per heavy atom. The number of pyridine rings is 1. The van der Waals surface area contributed by atoms with Crippen LogP contribution in [0.2, 0.25) is 0 Å². The summed E-state index contributed by atoms with van der Waals surface area (Å²) in [6, 6.07) is 10.8. The third kappa shape index (κ3) is 5.75. The van der Waals surface area contributed by atoms with Crippen LogP contribution in [-0.2, 0) is 42.9 Å². The fourth-order valence-corrected chi connectivity index (χ4v) is 9.69. The maximum Gasteiger partial charge on any atom is 0.303 e. The van der Waals surface area contributed by atoms with Crippen LogP contribution in [0.1, 0.15) is 103 Å². The number of ether oxygens (including phenoxy) is 2. The van der Waals surface area contributed by atoms with Gasteiger partial charge in [-0.05, 0) is 135 Å². The Hall–Kier alpha value is -3.35. The average Bonchev–Trinajstić information content (AvgIpc) is 3.34. The van der Waals surface area contributed by atoms with Crippen LogP contribution in [0.5, 0.6) is 11.6 Å². The number of methoxy groups -OCH3 is 1. The van der Waals surface area contributed by atoms with Gasteiger partial charge in [-0.3, -0.25) is 9.78 Å². The van der Waals surface area contributed by atoms with Crippen LogP contribution in [0.15, 0.2) is 30.3 Å². The number of aryl methyl sites for hydroxylation is 3. The summed E-state index contributed by atoms with van der Waals surface area (Å²) in [4.78, 5) is 17.0. The molecule has 3 aromatic rings. The molecule has 7 heteroatoms. The quantitative estimate of drug-likeness (QED) is 0.259. The Labute approximate surface area is 261 Å². The van der Waals surface area contributed by atoms with Crippen molar-refractivity contribution >= 4 is 5.97 Å². The second-order valence-corrected chi connectivity index (χ2v) is 14.4. The van der Waals surface area contributed by atoms with Crippen LogP contribution in [0.4, 0.5) is 0 Å². The van der Waals surface area contributed by atoms with Crippen molar-refractivity contribution in [2.24, 2.45) is 24.8 Å². The summed E-state index contributed by atoms with van der Waals surface area (Å²) in [5.41, 5.74) is 8.44. The molecule has 1 N–H and O–H groups in total. The summed E-state index contributed by atoms with van der Waals surface area (Å²) in [6.07, 6.45) is 14.0. The molecule has 0 radical (unpaired) electrons. The molecule has 2 heterocycles. The molecule has 1 atom stereocenters. The molecule has 2 aromatic heterocycles. The van der Waals surface area contributed by atoms with Crippen molar-refractivity contribution in [3.05, 3.63) is 69.7 Å². The smallest absolute Gasteiger partial charge is 0.303 e. The van der Waals surface area contributed by atoms with Gasteiger partial charge in [-0.2, -0.15) is 5.10 Å². The van der Waals surface area contributed by atoms with Crippen molar-refractivity contribution in [3.8, 4) is 11.6 Å². The molecule has 1 unspecified atom stereocenters. The van der Waals surface area contributed by atoms with E-state index >= 15 is 0 Å². The topological polar surface area (TPSA) is 86.5 Å². The van der Waals surface area contributed by atoms with Crippen molar-refractivity contribution in [3.63, 3.8) is 0 Å². The minimum atomic E-state index is -0.796.